The van der Waals surface area contributed by atoms with Crippen LogP contribution in [0.25, 0.3) is 27.8 Å². The Labute approximate surface area is 215 Å². The summed E-state index contributed by atoms with van der Waals surface area (Å²) in [5.74, 6) is 0.861. The first-order valence-electron chi connectivity index (χ1n) is 12.4. The number of benzene rings is 2. The van der Waals surface area contributed by atoms with Crippen molar-refractivity contribution in [1.29, 1.82) is 0 Å². The van der Waals surface area contributed by atoms with E-state index in [0.717, 1.165) is 66.5 Å². The van der Waals surface area contributed by atoms with Gasteiger partial charge in [0, 0.05) is 42.0 Å². The van der Waals surface area contributed by atoms with Crippen LogP contribution in [0.1, 0.15) is 16.5 Å². The van der Waals surface area contributed by atoms with Gasteiger partial charge in [-0.15, -0.1) is 11.3 Å². The zero-order valence-electron chi connectivity index (χ0n) is 20.3. The number of ether oxygens (including phenoxy) is 1. The van der Waals surface area contributed by atoms with Gasteiger partial charge in [-0.25, -0.2) is 9.97 Å². The molecule has 4 heterocycles. The van der Waals surface area contributed by atoms with Gasteiger partial charge in [0.1, 0.15) is 12.1 Å². The highest BCUT2D eigenvalue weighted by molar-refractivity contribution is 7.10. The van der Waals surface area contributed by atoms with Gasteiger partial charge >= 0.3 is 0 Å². The molecule has 6 rings (SSSR count). The largest absolute Gasteiger partial charge is 0.379 e. The second-order valence-electron chi connectivity index (χ2n) is 9.10. The predicted octanol–water partition coefficient (Wildman–Crippen LogP) is 5.94. The Morgan fingerprint density at radius 3 is 2.64 bits per heavy atom. The van der Waals surface area contributed by atoms with E-state index in [4.69, 9.17) is 14.7 Å². The lowest BCUT2D eigenvalue weighted by Gasteiger charge is -2.34. The number of aromatic nitrogens is 3. The first kappa shape index (κ1) is 22.9. The maximum atomic E-state index is 5.62. The van der Waals surface area contributed by atoms with Crippen molar-refractivity contribution in [2.75, 3.05) is 38.2 Å². The number of anilines is 1. The fraction of sp³-hybridized carbons (Fsp3) is 0.241. The van der Waals surface area contributed by atoms with Crippen molar-refractivity contribution in [2.24, 2.45) is 0 Å². The second-order valence-corrected chi connectivity index (χ2v) is 10.1. The zero-order chi connectivity index (χ0) is 24.3. The Morgan fingerprint density at radius 1 is 1.00 bits per heavy atom. The third-order valence-electron chi connectivity index (χ3n) is 6.77. The van der Waals surface area contributed by atoms with E-state index in [1.165, 1.54) is 10.4 Å². The topological polar surface area (TPSA) is 55.2 Å². The molecule has 0 saturated carbocycles. The highest BCUT2D eigenvalue weighted by Gasteiger charge is 2.24. The molecule has 1 N–H and O–H groups in total. The first-order chi connectivity index (χ1) is 17.8. The summed E-state index contributed by atoms with van der Waals surface area (Å²) in [5.41, 5.74) is 5.48. The van der Waals surface area contributed by atoms with Gasteiger partial charge in [-0.05, 0) is 41.6 Å². The van der Waals surface area contributed by atoms with Crippen molar-refractivity contribution in [1.82, 2.24) is 19.4 Å². The Morgan fingerprint density at radius 2 is 1.86 bits per heavy atom. The number of hydrogen-bond donors (Lipinski definition) is 1. The third kappa shape index (κ3) is 4.53. The summed E-state index contributed by atoms with van der Waals surface area (Å²) in [6, 6.07) is 23.6. The number of fused-ring (bicyclic) bond motifs is 1. The van der Waals surface area contributed by atoms with Gasteiger partial charge in [0.15, 0.2) is 5.65 Å². The van der Waals surface area contributed by atoms with E-state index in [9.17, 15) is 0 Å². The molecule has 5 aromatic rings. The Kier molecular flexibility index (Phi) is 6.51. The molecule has 0 amide bonds. The minimum atomic E-state index is 0.262. The summed E-state index contributed by atoms with van der Waals surface area (Å²) in [7, 11) is 0. The molecule has 182 valence electrons. The van der Waals surface area contributed by atoms with E-state index in [1.807, 2.05) is 6.07 Å². The zero-order valence-corrected chi connectivity index (χ0v) is 21.1. The smallest absolute Gasteiger partial charge is 0.150 e. The average molecular weight is 496 g/mol. The molecule has 1 saturated heterocycles. The van der Waals surface area contributed by atoms with E-state index in [2.05, 4.69) is 93.9 Å². The summed E-state index contributed by atoms with van der Waals surface area (Å²) in [4.78, 5) is 13.4. The molecule has 2 aromatic carbocycles. The Hall–Kier alpha value is -3.52. The standard InChI is InChI=1S/C29H29N5OS/c1-21-7-5-10-23(17-21)34-19-24(22-8-3-2-4-9-22)27-28(31-20-32-29(27)34)30-18-25(26-11-6-16-36-26)33-12-14-35-15-13-33/h2-11,16-17,19-20,25H,12-15,18H2,1H3,(H,30,31,32)/t25-/m0/s1. The summed E-state index contributed by atoms with van der Waals surface area (Å²) in [6.07, 6.45) is 3.86. The molecule has 36 heavy (non-hydrogen) atoms. The van der Waals surface area contributed by atoms with Crippen LogP contribution in [-0.2, 0) is 4.74 Å². The molecule has 3 aromatic heterocycles. The molecule has 0 spiro atoms. The van der Waals surface area contributed by atoms with Crippen LogP contribution >= 0.6 is 11.3 Å². The fourth-order valence-corrected chi connectivity index (χ4v) is 5.84. The van der Waals surface area contributed by atoms with Gasteiger partial charge in [0.25, 0.3) is 0 Å². The minimum absolute atomic E-state index is 0.262. The van der Waals surface area contributed by atoms with Crippen molar-refractivity contribution in [3.05, 3.63) is 95.1 Å². The van der Waals surface area contributed by atoms with Crippen LogP contribution < -0.4 is 5.32 Å². The quantitative estimate of drug-likeness (QED) is 0.303. The van der Waals surface area contributed by atoms with E-state index in [-0.39, 0.29) is 6.04 Å². The van der Waals surface area contributed by atoms with Crippen LogP contribution in [0.3, 0.4) is 0 Å². The number of nitrogens with zero attached hydrogens (tertiary/aromatic N) is 4. The van der Waals surface area contributed by atoms with Crippen molar-refractivity contribution in [3.8, 4) is 16.8 Å². The van der Waals surface area contributed by atoms with Crippen LogP contribution in [0.2, 0.25) is 0 Å². The maximum Gasteiger partial charge on any atom is 0.150 e. The van der Waals surface area contributed by atoms with Gasteiger partial charge < -0.3 is 14.6 Å². The van der Waals surface area contributed by atoms with Crippen LogP contribution in [-0.4, -0.2) is 52.3 Å². The molecule has 1 atom stereocenters. The minimum Gasteiger partial charge on any atom is -0.379 e. The van der Waals surface area contributed by atoms with E-state index in [0.29, 0.717) is 0 Å². The summed E-state index contributed by atoms with van der Waals surface area (Å²) >= 11 is 1.81. The third-order valence-corrected chi connectivity index (χ3v) is 7.74. The van der Waals surface area contributed by atoms with Crippen LogP contribution in [0.5, 0.6) is 0 Å². The van der Waals surface area contributed by atoms with E-state index >= 15 is 0 Å². The van der Waals surface area contributed by atoms with E-state index < -0.39 is 0 Å². The van der Waals surface area contributed by atoms with Crippen molar-refractivity contribution in [2.45, 2.75) is 13.0 Å². The number of nitrogens with one attached hydrogen (secondary N) is 1. The number of rotatable bonds is 7. The molecule has 0 unspecified atom stereocenters. The van der Waals surface area contributed by atoms with Crippen LogP contribution in [0, 0.1) is 6.92 Å². The molecular weight excluding hydrogens is 466 g/mol. The molecule has 1 fully saturated rings. The summed E-state index contributed by atoms with van der Waals surface area (Å²) in [5, 5.41) is 6.91. The highest BCUT2D eigenvalue weighted by atomic mass is 32.1. The number of aryl methyl sites for hydroxylation is 1. The van der Waals surface area contributed by atoms with Crippen molar-refractivity contribution < 1.29 is 4.74 Å². The number of hydrogen-bond acceptors (Lipinski definition) is 6. The average Bonchev–Trinajstić information content (AvgIpc) is 3.59. The monoisotopic (exact) mass is 495 g/mol. The normalized spacial score (nSPS) is 15.2. The van der Waals surface area contributed by atoms with Crippen LogP contribution in [0.15, 0.2) is 84.6 Å². The first-order valence-corrected chi connectivity index (χ1v) is 13.2. The van der Waals surface area contributed by atoms with Gasteiger partial charge in [-0.2, -0.15) is 0 Å². The summed E-state index contributed by atoms with van der Waals surface area (Å²) < 4.78 is 7.80. The van der Waals surface area contributed by atoms with Gasteiger partial charge in [-0.1, -0.05) is 48.5 Å². The number of morpholine rings is 1. The predicted molar refractivity (Wildman–Crippen MR) is 147 cm³/mol. The molecule has 0 bridgehead atoms. The lowest BCUT2D eigenvalue weighted by molar-refractivity contribution is 0.0194. The molecule has 6 nitrogen and oxygen atoms in total. The Balaban J connectivity index is 1.42. The number of thiophene rings is 1. The molecular formula is C29H29N5OS. The van der Waals surface area contributed by atoms with Crippen molar-refractivity contribution in [3.63, 3.8) is 0 Å². The molecule has 1 aliphatic heterocycles. The molecule has 7 heteroatoms. The molecule has 0 aliphatic carbocycles. The second kappa shape index (κ2) is 10.2. The lowest BCUT2D eigenvalue weighted by atomic mass is 10.1. The fourth-order valence-electron chi connectivity index (χ4n) is 4.98. The van der Waals surface area contributed by atoms with Gasteiger partial charge in [0.05, 0.1) is 24.6 Å². The van der Waals surface area contributed by atoms with Crippen LogP contribution in [0.4, 0.5) is 5.82 Å². The Bertz CT molecular complexity index is 1440. The SMILES string of the molecule is Cc1cccc(-n2cc(-c3ccccc3)c3c(NC[C@@H](c4cccs4)N4CCOCC4)ncnc32)c1. The van der Waals surface area contributed by atoms with Gasteiger partial charge in [-0.3, -0.25) is 4.90 Å². The highest BCUT2D eigenvalue weighted by Crippen LogP contribution is 2.36. The lowest BCUT2D eigenvalue weighted by Crippen LogP contribution is -2.41. The molecule has 1 aliphatic rings. The summed E-state index contributed by atoms with van der Waals surface area (Å²) in [6.45, 7) is 6.29. The van der Waals surface area contributed by atoms with E-state index in [1.54, 1.807) is 17.7 Å². The van der Waals surface area contributed by atoms with Crippen molar-refractivity contribution >= 4 is 28.2 Å². The van der Waals surface area contributed by atoms with Gasteiger partial charge in [0.2, 0.25) is 0 Å². The maximum absolute atomic E-state index is 5.62. The molecule has 0 radical (unpaired) electrons.